The highest BCUT2D eigenvalue weighted by Crippen LogP contribution is 2.32. The van der Waals surface area contributed by atoms with Crippen molar-refractivity contribution >= 4 is 43.1 Å². The van der Waals surface area contributed by atoms with Crippen molar-refractivity contribution in [2.24, 2.45) is 0 Å². The molecule has 0 bridgehead atoms. The zero-order valence-electron chi connectivity index (χ0n) is 16.8. The molecule has 2 aromatic heterocycles. The number of benzene rings is 2. The molecule has 0 aliphatic rings. The molecule has 0 fully saturated rings. The van der Waals surface area contributed by atoms with E-state index in [1.165, 1.54) is 4.68 Å². The van der Waals surface area contributed by atoms with E-state index in [9.17, 15) is 9.59 Å². The Labute approximate surface area is 173 Å². The van der Waals surface area contributed by atoms with Gasteiger partial charge in [-0.2, -0.15) is 5.10 Å². The van der Waals surface area contributed by atoms with Gasteiger partial charge in [0.2, 0.25) is 5.91 Å². The van der Waals surface area contributed by atoms with Crippen molar-refractivity contribution < 1.29 is 4.79 Å². The summed E-state index contributed by atoms with van der Waals surface area (Å²) in [5.74, 6) is -0.0504. The van der Waals surface area contributed by atoms with Crippen LogP contribution >= 0.6 is 11.3 Å². The number of aromatic nitrogens is 2. The van der Waals surface area contributed by atoms with Crippen LogP contribution in [0.3, 0.4) is 0 Å². The van der Waals surface area contributed by atoms with Gasteiger partial charge in [0.05, 0.1) is 15.8 Å². The zero-order valence-corrected chi connectivity index (χ0v) is 17.6. The fourth-order valence-corrected chi connectivity index (χ4v) is 4.67. The van der Waals surface area contributed by atoms with Crippen LogP contribution in [0.5, 0.6) is 0 Å². The van der Waals surface area contributed by atoms with E-state index in [2.05, 4.69) is 10.4 Å². The van der Waals surface area contributed by atoms with Gasteiger partial charge in [0.25, 0.3) is 5.56 Å². The van der Waals surface area contributed by atoms with E-state index in [4.69, 9.17) is 0 Å². The van der Waals surface area contributed by atoms with Gasteiger partial charge in [-0.05, 0) is 50.5 Å². The molecule has 0 atom stereocenters. The number of carbonyl (C=O) groups excluding carboxylic acids is 1. The molecule has 0 unspecified atom stereocenters. The van der Waals surface area contributed by atoms with Crippen LogP contribution in [0.4, 0.5) is 5.69 Å². The molecule has 6 heteroatoms. The molecule has 0 saturated carbocycles. The lowest BCUT2D eigenvalue weighted by Crippen LogP contribution is -2.24. The standard InChI is InChI=1S/C23H23N3O2S/c1-14-10-11-15(2)18(13-14)24-20(27)9-6-12-26-23(28)21-17-7-4-5-8-19(17)29-22(21)16(3)25-26/h4-5,7-8,10-11,13H,6,9,12H2,1-3H3,(H,24,27). The van der Waals surface area contributed by atoms with Gasteiger partial charge in [-0.1, -0.05) is 30.3 Å². The van der Waals surface area contributed by atoms with Gasteiger partial charge in [-0.15, -0.1) is 11.3 Å². The average Bonchev–Trinajstić information content (AvgIpc) is 3.09. The number of anilines is 1. The molecule has 0 saturated heterocycles. The molecule has 5 nitrogen and oxygen atoms in total. The van der Waals surface area contributed by atoms with Crippen molar-refractivity contribution in [3.63, 3.8) is 0 Å². The number of amides is 1. The van der Waals surface area contributed by atoms with E-state index in [1.807, 2.05) is 63.2 Å². The lowest BCUT2D eigenvalue weighted by atomic mass is 10.1. The molecule has 0 radical (unpaired) electrons. The first-order valence-corrected chi connectivity index (χ1v) is 10.5. The van der Waals surface area contributed by atoms with Crippen LogP contribution in [0.1, 0.15) is 29.7 Å². The summed E-state index contributed by atoms with van der Waals surface area (Å²) in [7, 11) is 0. The SMILES string of the molecule is Cc1ccc(C)c(NC(=O)CCCn2nc(C)c3sc4ccccc4c3c2=O)c1. The Balaban J connectivity index is 1.50. The lowest BCUT2D eigenvalue weighted by molar-refractivity contribution is -0.116. The molecule has 29 heavy (non-hydrogen) atoms. The summed E-state index contributed by atoms with van der Waals surface area (Å²) in [6.07, 6.45) is 0.888. The number of nitrogens with one attached hydrogen (secondary N) is 1. The first-order valence-electron chi connectivity index (χ1n) is 9.70. The summed E-state index contributed by atoms with van der Waals surface area (Å²) in [6, 6.07) is 13.9. The van der Waals surface area contributed by atoms with Gasteiger partial charge in [-0.25, -0.2) is 4.68 Å². The molecule has 2 heterocycles. The highest BCUT2D eigenvalue weighted by atomic mass is 32.1. The highest BCUT2D eigenvalue weighted by Gasteiger charge is 2.14. The third kappa shape index (κ3) is 3.80. The van der Waals surface area contributed by atoms with Gasteiger partial charge in [0, 0.05) is 28.7 Å². The first-order chi connectivity index (χ1) is 13.9. The van der Waals surface area contributed by atoms with Gasteiger partial charge in [0.15, 0.2) is 0 Å². The minimum atomic E-state index is -0.0852. The second kappa shape index (κ2) is 7.79. The van der Waals surface area contributed by atoms with E-state index in [-0.39, 0.29) is 11.5 Å². The third-order valence-electron chi connectivity index (χ3n) is 5.08. The minimum Gasteiger partial charge on any atom is -0.326 e. The predicted octanol–water partition coefficient (Wildman–Crippen LogP) is 4.96. The molecule has 0 aliphatic carbocycles. The number of rotatable bonds is 5. The number of fused-ring (bicyclic) bond motifs is 3. The van der Waals surface area contributed by atoms with E-state index in [1.54, 1.807) is 11.3 Å². The second-order valence-corrected chi connectivity index (χ2v) is 8.44. The summed E-state index contributed by atoms with van der Waals surface area (Å²) >= 11 is 1.60. The van der Waals surface area contributed by atoms with Gasteiger partial charge < -0.3 is 5.32 Å². The van der Waals surface area contributed by atoms with E-state index in [0.717, 1.165) is 42.7 Å². The summed E-state index contributed by atoms with van der Waals surface area (Å²) in [6.45, 7) is 6.32. The van der Waals surface area contributed by atoms with Crippen LogP contribution < -0.4 is 10.9 Å². The van der Waals surface area contributed by atoms with Gasteiger partial charge in [0.1, 0.15) is 0 Å². The lowest BCUT2D eigenvalue weighted by Gasteiger charge is -2.10. The largest absolute Gasteiger partial charge is 0.326 e. The topological polar surface area (TPSA) is 64.0 Å². The van der Waals surface area contributed by atoms with E-state index < -0.39 is 0 Å². The van der Waals surface area contributed by atoms with E-state index >= 15 is 0 Å². The Bertz CT molecular complexity index is 1290. The van der Waals surface area contributed by atoms with Crippen LogP contribution in [0.15, 0.2) is 47.3 Å². The van der Waals surface area contributed by atoms with Crippen molar-refractivity contribution in [3.8, 4) is 0 Å². The number of thiophene rings is 1. The van der Waals surface area contributed by atoms with Crippen molar-refractivity contribution in [1.82, 2.24) is 9.78 Å². The number of hydrogen-bond acceptors (Lipinski definition) is 4. The quantitative estimate of drug-likeness (QED) is 0.511. The highest BCUT2D eigenvalue weighted by molar-refractivity contribution is 7.26. The Morgan fingerprint density at radius 2 is 1.93 bits per heavy atom. The van der Waals surface area contributed by atoms with Gasteiger partial charge in [-0.3, -0.25) is 9.59 Å². The fourth-order valence-electron chi connectivity index (χ4n) is 3.54. The van der Waals surface area contributed by atoms with Crippen molar-refractivity contribution in [2.45, 2.75) is 40.2 Å². The van der Waals surface area contributed by atoms with E-state index in [0.29, 0.717) is 19.4 Å². The number of nitrogens with zero attached hydrogens (tertiary/aromatic N) is 2. The molecular formula is C23H23N3O2S. The normalized spacial score (nSPS) is 11.3. The van der Waals surface area contributed by atoms with Crippen LogP contribution in [-0.2, 0) is 11.3 Å². The zero-order chi connectivity index (χ0) is 20.5. The molecule has 1 amide bonds. The van der Waals surface area contributed by atoms with Crippen molar-refractivity contribution in [1.29, 1.82) is 0 Å². The molecule has 2 aromatic carbocycles. The summed E-state index contributed by atoms with van der Waals surface area (Å²) in [4.78, 5) is 25.4. The molecular weight excluding hydrogens is 382 g/mol. The number of carbonyl (C=O) groups is 1. The third-order valence-corrected chi connectivity index (χ3v) is 6.36. The molecule has 0 aliphatic heterocycles. The van der Waals surface area contributed by atoms with Crippen molar-refractivity contribution in [2.75, 3.05) is 5.32 Å². The Morgan fingerprint density at radius 1 is 1.14 bits per heavy atom. The fraction of sp³-hybridized carbons (Fsp3) is 0.261. The monoisotopic (exact) mass is 405 g/mol. The maximum Gasteiger partial charge on any atom is 0.276 e. The Morgan fingerprint density at radius 3 is 2.76 bits per heavy atom. The second-order valence-electron chi connectivity index (χ2n) is 7.39. The maximum atomic E-state index is 13.0. The average molecular weight is 406 g/mol. The maximum absolute atomic E-state index is 13.0. The van der Waals surface area contributed by atoms with Crippen LogP contribution in [0, 0.1) is 20.8 Å². The van der Waals surface area contributed by atoms with Crippen LogP contribution in [0.25, 0.3) is 20.2 Å². The van der Waals surface area contributed by atoms with Gasteiger partial charge >= 0.3 is 0 Å². The number of hydrogen-bond donors (Lipinski definition) is 1. The Hall–Kier alpha value is -2.99. The van der Waals surface area contributed by atoms with Crippen molar-refractivity contribution in [3.05, 3.63) is 69.6 Å². The molecule has 4 rings (SSSR count). The summed E-state index contributed by atoms with van der Waals surface area (Å²) < 4.78 is 3.54. The van der Waals surface area contributed by atoms with Crippen LogP contribution in [-0.4, -0.2) is 15.7 Å². The number of aryl methyl sites for hydroxylation is 4. The molecule has 4 aromatic rings. The molecule has 0 spiro atoms. The first kappa shape index (κ1) is 19.3. The van der Waals surface area contributed by atoms with Crippen LogP contribution in [0.2, 0.25) is 0 Å². The minimum absolute atomic E-state index is 0.0504. The predicted molar refractivity (Wildman–Crippen MR) is 120 cm³/mol. The smallest absolute Gasteiger partial charge is 0.276 e. The summed E-state index contributed by atoms with van der Waals surface area (Å²) in [5.41, 5.74) is 3.74. The molecule has 148 valence electrons. The summed E-state index contributed by atoms with van der Waals surface area (Å²) in [5, 5.41) is 9.16. The molecule has 1 N–H and O–H groups in total. The Kier molecular flexibility index (Phi) is 5.20.